The van der Waals surface area contributed by atoms with Gasteiger partial charge in [0.05, 0.1) is 19.8 Å². The SMILES string of the molecule is COC(=O)c1sc(NC(=O)c2ccc(CSC)cc2)c(C(=O)OC)c1C. The highest BCUT2D eigenvalue weighted by atomic mass is 32.2. The lowest BCUT2D eigenvalue weighted by Crippen LogP contribution is -2.14. The molecule has 138 valence electrons. The molecule has 2 aromatic rings. The van der Waals surface area contributed by atoms with E-state index in [4.69, 9.17) is 9.47 Å². The van der Waals surface area contributed by atoms with Crippen LogP contribution in [0.1, 0.15) is 41.5 Å². The monoisotopic (exact) mass is 393 g/mol. The Morgan fingerprint density at radius 1 is 1.08 bits per heavy atom. The minimum absolute atomic E-state index is 0.158. The van der Waals surface area contributed by atoms with Crippen LogP contribution in [-0.4, -0.2) is 38.3 Å². The molecule has 2 rings (SSSR count). The number of methoxy groups -OCH3 is 2. The van der Waals surface area contributed by atoms with Gasteiger partial charge in [-0.15, -0.1) is 11.3 Å². The Hall–Kier alpha value is -2.32. The van der Waals surface area contributed by atoms with E-state index >= 15 is 0 Å². The van der Waals surface area contributed by atoms with E-state index < -0.39 is 11.9 Å². The van der Waals surface area contributed by atoms with Crippen molar-refractivity contribution in [2.24, 2.45) is 0 Å². The molecule has 0 aliphatic rings. The quantitative estimate of drug-likeness (QED) is 0.753. The zero-order valence-electron chi connectivity index (χ0n) is 14.9. The molecular formula is C18H19NO5S2. The molecule has 0 bridgehead atoms. The Kier molecular flexibility index (Phi) is 6.82. The van der Waals surface area contributed by atoms with Crippen molar-refractivity contribution in [1.29, 1.82) is 0 Å². The van der Waals surface area contributed by atoms with Gasteiger partial charge < -0.3 is 14.8 Å². The minimum Gasteiger partial charge on any atom is -0.465 e. The minimum atomic E-state index is -0.625. The van der Waals surface area contributed by atoms with Crippen LogP contribution in [-0.2, 0) is 15.2 Å². The van der Waals surface area contributed by atoms with Crippen LogP contribution < -0.4 is 5.32 Å². The van der Waals surface area contributed by atoms with E-state index in [-0.39, 0.29) is 21.3 Å². The largest absolute Gasteiger partial charge is 0.465 e. The topological polar surface area (TPSA) is 81.7 Å². The fourth-order valence-corrected chi connectivity index (χ4v) is 3.97. The van der Waals surface area contributed by atoms with E-state index in [0.29, 0.717) is 11.1 Å². The lowest BCUT2D eigenvalue weighted by molar-refractivity contribution is 0.0601. The average molecular weight is 393 g/mol. The van der Waals surface area contributed by atoms with Gasteiger partial charge in [0.25, 0.3) is 5.91 Å². The van der Waals surface area contributed by atoms with Crippen molar-refractivity contribution in [1.82, 2.24) is 0 Å². The molecule has 0 spiro atoms. The summed E-state index contributed by atoms with van der Waals surface area (Å²) < 4.78 is 9.51. The summed E-state index contributed by atoms with van der Waals surface area (Å²) >= 11 is 2.68. The van der Waals surface area contributed by atoms with E-state index in [1.54, 1.807) is 30.8 Å². The van der Waals surface area contributed by atoms with E-state index in [0.717, 1.165) is 22.7 Å². The first-order valence-corrected chi connectivity index (χ1v) is 9.83. The predicted octanol–water partition coefficient (Wildman–Crippen LogP) is 3.75. The summed E-state index contributed by atoms with van der Waals surface area (Å²) in [6.45, 7) is 1.61. The van der Waals surface area contributed by atoms with Gasteiger partial charge in [0, 0.05) is 11.3 Å². The third kappa shape index (κ3) is 4.25. The van der Waals surface area contributed by atoms with Crippen LogP contribution in [0.25, 0.3) is 0 Å². The van der Waals surface area contributed by atoms with Crippen LogP contribution in [0.2, 0.25) is 0 Å². The number of benzene rings is 1. The molecule has 0 fully saturated rings. The molecule has 26 heavy (non-hydrogen) atoms. The molecule has 0 unspecified atom stereocenters. The standard InChI is InChI=1S/C18H19NO5S2/c1-10-13(17(21)23-2)16(26-14(10)18(22)24-3)19-15(20)12-7-5-11(6-8-12)9-25-4/h5-8H,9H2,1-4H3,(H,19,20). The Morgan fingerprint density at radius 3 is 2.23 bits per heavy atom. The highest BCUT2D eigenvalue weighted by Gasteiger charge is 2.26. The molecule has 1 aromatic heterocycles. The number of ether oxygens (including phenoxy) is 2. The smallest absolute Gasteiger partial charge is 0.348 e. The summed E-state index contributed by atoms with van der Waals surface area (Å²) in [5, 5.41) is 2.96. The number of hydrogen-bond donors (Lipinski definition) is 1. The Morgan fingerprint density at radius 2 is 1.69 bits per heavy atom. The Labute approximate surface area is 159 Å². The van der Waals surface area contributed by atoms with Crippen molar-refractivity contribution in [2.45, 2.75) is 12.7 Å². The zero-order chi connectivity index (χ0) is 19.3. The van der Waals surface area contributed by atoms with Crippen LogP contribution in [0, 0.1) is 6.92 Å². The fraction of sp³-hybridized carbons (Fsp3) is 0.278. The van der Waals surface area contributed by atoms with Gasteiger partial charge in [-0.05, 0) is 36.4 Å². The molecule has 0 radical (unpaired) electrons. The van der Waals surface area contributed by atoms with Crippen molar-refractivity contribution in [3.63, 3.8) is 0 Å². The third-order valence-electron chi connectivity index (χ3n) is 3.66. The first-order valence-electron chi connectivity index (χ1n) is 7.62. The fourth-order valence-electron chi connectivity index (χ4n) is 2.33. The van der Waals surface area contributed by atoms with Crippen LogP contribution in [0.4, 0.5) is 5.00 Å². The number of rotatable bonds is 6. The second-order valence-corrected chi connectivity index (χ2v) is 7.21. The molecule has 1 aromatic carbocycles. The van der Waals surface area contributed by atoms with Crippen molar-refractivity contribution < 1.29 is 23.9 Å². The molecule has 1 heterocycles. The van der Waals surface area contributed by atoms with Gasteiger partial charge in [-0.25, -0.2) is 9.59 Å². The van der Waals surface area contributed by atoms with Crippen LogP contribution in [0.3, 0.4) is 0 Å². The number of thiophene rings is 1. The van der Waals surface area contributed by atoms with Gasteiger partial charge in [-0.2, -0.15) is 11.8 Å². The van der Waals surface area contributed by atoms with Gasteiger partial charge in [0.1, 0.15) is 9.88 Å². The molecule has 0 saturated carbocycles. The molecule has 1 N–H and O–H groups in total. The second-order valence-electron chi connectivity index (χ2n) is 5.33. The molecule has 0 atom stereocenters. The number of thioether (sulfide) groups is 1. The highest BCUT2D eigenvalue weighted by molar-refractivity contribution is 7.97. The van der Waals surface area contributed by atoms with Crippen LogP contribution in [0.15, 0.2) is 24.3 Å². The molecule has 0 saturated heterocycles. The molecule has 6 nitrogen and oxygen atoms in total. The average Bonchev–Trinajstić information content (AvgIpc) is 2.97. The van der Waals surface area contributed by atoms with E-state index in [9.17, 15) is 14.4 Å². The first kappa shape index (κ1) is 20.0. The lowest BCUT2D eigenvalue weighted by atomic mass is 10.1. The number of esters is 2. The van der Waals surface area contributed by atoms with E-state index in [1.165, 1.54) is 14.2 Å². The van der Waals surface area contributed by atoms with E-state index in [1.807, 2.05) is 18.4 Å². The summed E-state index contributed by atoms with van der Waals surface area (Å²) in [5.74, 6) is -0.705. The lowest BCUT2D eigenvalue weighted by Gasteiger charge is -2.07. The van der Waals surface area contributed by atoms with Crippen molar-refractivity contribution in [3.8, 4) is 0 Å². The van der Waals surface area contributed by atoms with Crippen LogP contribution >= 0.6 is 23.1 Å². The maximum Gasteiger partial charge on any atom is 0.348 e. The first-order chi connectivity index (χ1) is 12.4. The summed E-state index contributed by atoms with van der Waals surface area (Å²) in [4.78, 5) is 36.8. The number of nitrogens with one attached hydrogen (secondary N) is 1. The van der Waals surface area contributed by atoms with Crippen molar-refractivity contribution in [2.75, 3.05) is 25.8 Å². The number of amides is 1. The number of hydrogen-bond acceptors (Lipinski definition) is 7. The number of carbonyl (C=O) groups is 3. The molecular weight excluding hydrogens is 374 g/mol. The molecule has 0 aliphatic heterocycles. The Balaban J connectivity index is 2.33. The highest BCUT2D eigenvalue weighted by Crippen LogP contribution is 2.34. The summed E-state index contributed by atoms with van der Waals surface area (Å²) in [6, 6.07) is 7.21. The van der Waals surface area contributed by atoms with Gasteiger partial charge in [0.2, 0.25) is 0 Å². The van der Waals surface area contributed by atoms with Gasteiger partial charge in [-0.3, -0.25) is 4.79 Å². The number of carbonyl (C=O) groups excluding carboxylic acids is 3. The summed E-state index contributed by atoms with van der Waals surface area (Å²) in [5.41, 5.74) is 2.14. The van der Waals surface area contributed by atoms with Gasteiger partial charge in [-0.1, -0.05) is 12.1 Å². The van der Waals surface area contributed by atoms with E-state index in [2.05, 4.69) is 5.32 Å². The van der Waals surface area contributed by atoms with Crippen LogP contribution in [0.5, 0.6) is 0 Å². The summed E-state index contributed by atoms with van der Waals surface area (Å²) in [6.07, 6.45) is 2.01. The zero-order valence-corrected chi connectivity index (χ0v) is 16.5. The van der Waals surface area contributed by atoms with Gasteiger partial charge in [0.15, 0.2) is 0 Å². The summed E-state index contributed by atoms with van der Waals surface area (Å²) in [7, 11) is 2.50. The number of anilines is 1. The van der Waals surface area contributed by atoms with Crippen molar-refractivity contribution >= 4 is 45.9 Å². The maximum atomic E-state index is 12.5. The Bertz CT molecular complexity index is 827. The molecule has 1 amide bonds. The van der Waals surface area contributed by atoms with Crippen molar-refractivity contribution in [3.05, 3.63) is 51.4 Å². The third-order valence-corrected chi connectivity index (χ3v) is 5.47. The second kappa shape index (κ2) is 8.86. The normalized spacial score (nSPS) is 10.3. The molecule has 8 heteroatoms. The predicted molar refractivity (Wildman–Crippen MR) is 103 cm³/mol. The maximum absolute atomic E-state index is 12.5. The van der Waals surface area contributed by atoms with Gasteiger partial charge >= 0.3 is 11.9 Å². The molecule has 0 aliphatic carbocycles.